The Bertz CT molecular complexity index is 391. The highest BCUT2D eigenvalue weighted by Crippen LogP contribution is 2.36. The van der Waals surface area contributed by atoms with Crippen LogP contribution in [0.2, 0.25) is 0 Å². The first-order valence-electron chi connectivity index (χ1n) is 5.78. The van der Waals surface area contributed by atoms with Crippen LogP contribution in [-0.2, 0) is 12.8 Å². The number of anilines is 1. The van der Waals surface area contributed by atoms with Gasteiger partial charge in [-0.25, -0.2) is 0 Å². The SMILES string of the molecule is C=C1CCCc2c(CC)ccc(NC)c21. The molecule has 0 saturated carbocycles. The summed E-state index contributed by atoms with van der Waals surface area (Å²) in [6, 6.07) is 4.44. The Balaban J connectivity index is 2.61. The molecule has 0 unspecified atom stereocenters. The quantitative estimate of drug-likeness (QED) is 0.770. The maximum atomic E-state index is 4.20. The molecule has 80 valence electrons. The van der Waals surface area contributed by atoms with Crippen LogP contribution in [0.4, 0.5) is 5.69 Å². The maximum Gasteiger partial charge on any atom is 0.0416 e. The Morgan fingerprint density at radius 2 is 2.13 bits per heavy atom. The summed E-state index contributed by atoms with van der Waals surface area (Å²) in [6.07, 6.45) is 4.74. The molecule has 0 bridgehead atoms. The fourth-order valence-electron chi connectivity index (χ4n) is 2.52. The molecule has 1 N–H and O–H groups in total. The molecule has 1 nitrogen and oxygen atoms in total. The third-order valence-electron chi connectivity index (χ3n) is 3.32. The van der Waals surface area contributed by atoms with Crippen molar-refractivity contribution in [1.82, 2.24) is 0 Å². The molecule has 0 spiro atoms. The van der Waals surface area contributed by atoms with E-state index in [2.05, 4.69) is 31.0 Å². The summed E-state index contributed by atoms with van der Waals surface area (Å²) >= 11 is 0. The number of aryl methyl sites for hydroxylation is 1. The number of rotatable bonds is 2. The van der Waals surface area contributed by atoms with Gasteiger partial charge in [-0.2, -0.15) is 0 Å². The summed E-state index contributed by atoms with van der Waals surface area (Å²) in [7, 11) is 1.99. The summed E-state index contributed by atoms with van der Waals surface area (Å²) in [5, 5.41) is 3.28. The number of allylic oxidation sites excluding steroid dienone is 1. The van der Waals surface area contributed by atoms with Gasteiger partial charge in [-0.1, -0.05) is 19.6 Å². The standard InChI is InChI=1S/C14H19N/c1-4-11-8-9-13(15-3)14-10(2)6-5-7-12(11)14/h8-9,15H,2,4-7H2,1,3H3. The predicted octanol–water partition coefficient (Wildman–Crippen LogP) is 3.64. The lowest BCUT2D eigenvalue weighted by molar-refractivity contribution is 0.811. The summed E-state index contributed by atoms with van der Waals surface area (Å²) in [4.78, 5) is 0. The number of hydrogen-bond donors (Lipinski definition) is 1. The molecule has 0 heterocycles. The van der Waals surface area contributed by atoms with Crippen LogP contribution < -0.4 is 5.32 Å². The number of benzene rings is 1. The predicted molar refractivity (Wildman–Crippen MR) is 67.3 cm³/mol. The highest BCUT2D eigenvalue weighted by atomic mass is 14.8. The maximum absolute atomic E-state index is 4.20. The molecule has 0 radical (unpaired) electrons. The Morgan fingerprint density at radius 1 is 1.33 bits per heavy atom. The minimum atomic E-state index is 1.12. The minimum absolute atomic E-state index is 1.12. The first kappa shape index (κ1) is 10.3. The Hall–Kier alpha value is -1.24. The monoisotopic (exact) mass is 201 g/mol. The van der Waals surface area contributed by atoms with E-state index in [1.807, 2.05) is 7.05 Å². The van der Waals surface area contributed by atoms with Crippen LogP contribution in [0, 0.1) is 0 Å². The van der Waals surface area contributed by atoms with E-state index in [9.17, 15) is 0 Å². The number of nitrogens with one attached hydrogen (secondary N) is 1. The summed E-state index contributed by atoms with van der Waals surface area (Å²) in [5.74, 6) is 0. The lowest BCUT2D eigenvalue weighted by Gasteiger charge is -2.24. The van der Waals surface area contributed by atoms with E-state index in [1.165, 1.54) is 40.8 Å². The van der Waals surface area contributed by atoms with Gasteiger partial charge in [-0.15, -0.1) is 0 Å². The normalized spacial score (nSPS) is 14.9. The molecule has 15 heavy (non-hydrogen) atoms. The number of hydrogen-bond acceptors (Lipinski definition) is 1. The number of fused-ring (bicyclic) bond motifs is 1. The van der Waals surface area contributed by atoms with Crippen molar-refractivity contribution in [2.24, 2.45) is 0 Å². The zero-order chi connectivity index (χ0) is 10.8. The molecule has 1 aliphatic carbocycles. The van der Waals surface area contributed by atoms with Crippen LogP contribution in [0.1, 0.15) is 36.5 Å². The van der Waals surface area contributed by atoms with E-state index in [-0.39, 0.29) is 0 Å². The topological polar surface area (TPSA) is 12.0 Å². The third-order valence-corrected chi connectivity index (χ3v) is 3.32. The Labute approximate surface area is 92.2 Å². The van der Waals surface area contributed by atoms with Gasteiger partial charge in [0, 0.05) is 18.3 Å². The van der Waals surface area contributed by atoms with Crippen molar-refractivity contribution < 1.29 is 0 Å². The molecule has 0 amide bonds. The van der Waals surface area contributed by atoms with Gasteiger partial charge in [-0.3, -0.25) is 0 Å². The summed E-state index contributed by atoms with van der Waals surface area (Å²) in [6.45, 7) is 6.43. The molecule has 0 atom stereocenters. The first-order valence-corrected chi connectivity index (χ1v) is 5.78. The second-order valence-corrected chi connectivity index (χ2v) is 4.19. The van der Waals surface area contributed by atoms with Crippen LogP contribution in [0.25, 0.3) is 5.57 Å². The molecule has 2 rings (SSSR count). The van der Waals surface area contributed by atoms with Crippen molar-refractivity contribution in [2.75, 3.05) is 12.4 Å². The zero-order valence-electron chi connectivity index (χ0n) is 9.69. The minimum Gasteiger partial charge on any atom is -0.388 e. The van der Waals surface area contributed by atoms with Crippen LogP contribution in [0.15, 0.2) is 18.7 Å². The van der Waals surface area contributed by atoms with Crippen molar-refractivity contribution in [3.05, 3.63) is 35.4 Å². The van der Waals surface area contributed by atoms with E-state index >= 15 is 0 Å². The van der Waals surface area contributed by atoms with Gasteiger partial charge in [0.15, 0.2) is 0 Å². The lowest BCUT2D eigenvalue weighted by Crippen LogP contribution is -2.08. The van der Waals surface area contributed by atoms with Crippen molar-refractivity contribution >= 4 is 11.3 Å². The molecule has 1 aromatic rings. The van der Waals surface area contributed by atoms with Crippen LogP contribution in [0.3, 0.4) is 0 Å². The van der Waals surface area contributed by atoms with E-state index in [1.54, 1.807) is 0 Å². The van der Waals surface area contributed by atoms with Crippen molar-refractivity contribution in [3.63, 3.8) is 0 Å². The van der Waals surface area contributed by atoms with Crippen molar-refractivity contribution in [3.8, 4) is 0 Å². The molecular formula is C14H19N. The molecule has 1 heteroatoms. The highest BCUT2D eigenvalue weighted by molar-refractivity contribution is 5.79. The van der Waals surface area contributed by atoms with E-state index < -0.39 is 0 Å². The van der Waals surface area contributed by atoms with Gasteiger partial charge >= 0.3 is 0 Å². The molecule has 0 aliphatic heterocycles. The third kappa shape index (κ3) is 1.67. The second-order valence-electron chi connectivity index (χ2n) is 4.19. The highest BCUT2D eigenvalue weighted by Gasteiger charge is 2.18. The van der Waals surface area contributed by atoms with E-state index in [0.717, 1.165) is 12.8 Å². The second kappa shape index (κ2) is 4.09. The average molecular weight is 201 g/mol. The zero-order valence-corrected chi connectivity index (χ0v) is 9.69. The Morgan fingerprint density at radius 3 is 2.80 bits per heavy atom. The van der Waals surface area contributed by atoms with Gasteiger partial charge < -0.3 is 5.32 Å². The Kier molecular flexibility index (Phi) is 2.81. The molecule has 0 aromatic heterocycles. The smallest absolute Gasteiger partial charge is 0.0416 e. The van der Waals surface area contributed by atoms with Crippen molar-refractivity contribution in [2.45, 2.75) is 32.6 Å². The molecular weight excluding hydrogens is 182 g/mol. The van der Waals surface area contributed by atoms with Gasteiger partial charge in [0.2, 0.25) is 0 Å². The summed E-state index contributed by atoms with van der Waals surface area (Å²) in [5.41, 5.74) is 6.95. The van der Waals surface area contributed by atoms with Gasteiger partial charge in [0.1, 0.15) is 0 Å². The van der Waals surface area contributed by atoms with E-state index in [4.69, 9.17) is 0 Å². The lowest BCUT2D eigenvalue weighted by atomic mass is 9.83. The first-order chi connectivity index (χ1) is 7.27. The van der Waals surface area contributed by atoms with E-state index in [0.29, 0.717) is 0 Å². The van der Waals surface area contributed by atoms with Crippen LogP contribution in [-0.4, -0.2) is 7.05 Å². The largest absolute Gasteiger partial charge is 0.388 e. The summed E-state index contributed by atoms with van der Waals surface area (Å²) < 4.78 is 0. The fourth-order valence-corrected chi connectivity index (χ4v) is 2.52. The van der Waals surface area contributed by atoms with Crippen LogP contribution in [0.5, 0.6) is 0 Å². The molecule has 0 fully saturated rings. The van der Waals surface area contributed by atoms with Crippen LogP contribution >= 0.6 is 0 Å². The van der Waals surface area contributed by atoms with Crippen molar-refractivity contribution in [1.29, 1.82) is 0 Å². The molecule has 1 aliphatic rings. The van der Waals surface area contributed by atoms with Gasteiger partial charge in [0.25, 0.3) is 0 Å². The van der Waals surface area contributed by atoms with Gasteiger partial charge in [-0.05, 0) is 48.4 Å². The molecule has 0 saturated heterocycles. The molecule has 1 aromatic carbocycles. The van der Waals surface area contributed by atoms with Gasteiger partial charge in [0.05, 0.1) is 0 Å². The fraction of sp³-hybridized carbons (Fsp3) is 0.429. The average Bonchev–Trinajstić information content (AvgIpc) is 2.28.